The van der Waals surface area contributed by atoms with Crippen LogP contribution >= 0.6 is 15.9 Å². The van der Waals surface area contributed by atoms with E-state index < -0.39 is 23.5 Å². The maximum Gasteiger partial charge on any atom is 0.417 e. The Hall–Kier alpha value is -2.69. The van der Waals surface area contributed by atoms with Gasteiger partial charge in [0.05, 0.1) is 16.6 Å². The fourth-order valence-corrected chi connectivity index (χ4v) is 2.66. The molecule has 0 radical (unpaired) electrons. The maximum atomic E-state index is 13.0. The van der Waals surface area contributed by atoms with E-state index in [1.165, 1.54) is 24.3 Å². The summed E-state index contributed by atoms with van der Waals surface area (Å²) in [7, 11) is 0. The molecular formula is C16H11BrF4N4O2. The van der Waals surface area contributed by atoms with Gasteiger partial charge in [0, 0.05) is 6.20 Å². The van der Waals surface area contributed by atoms with Gasteiger partial charge >= 0.3 is 6.18 Å². The Balaban J connectivity index is 1.63. The standard InChI is InChI=1S/C16H11BrF4N4O2/c17-11-5-10(18)2-3-12(11)27-8-15(26)22-6-14-24-23-13-4-1-9(7-25(13)14)16(19,20)21/h1-5,7H,6,8H2,(H,22,26). The van der Waals surface area contributed by atoms with Crippen molar-refractivity contribution >= 4 is 27.5 Å². The molecule has 6 nitrogen and oxygen atoms in total. The quantitative estimate of drug-likeness (QED) is 0.610. The average molecular weight is 447 g/mol. The highest BCUT2D eigenvalue weighted by Gasteiger charge is 2.31. The number of rotatable bonds is 5. The molecule has 0 aliphatic heterocycles. The Bertz CT molecular complexity index is 990. The zero-order valence-corrected chi connectivity index (χ0v) is 15.0. The summed E-state index contributed by atoms with van der Waals surface area (Å²) in [6.45, 7) is -0.510. The van der Waals surface area contributed by atoms with E-state index in [9.17, 15) is 22.4 Å². The number of nitrogens with zero attached hydrogens (tertiary/aromatic N) is 3. The maximum absolute atomic E-state index is 13.0. The van der Waals surface area contributed by atoms with Crippen molar-refractivity contribution in [3.8, 4) is 5.75 Å². The summed E-state index contributed by atoms with van der Waals surface area (Å²) in [5.41, 5.74) is -0.634. The fraction of sp³-hybridized carbons (Fsp3) is 0.188. The number of hydrogen-bond acceptors (Lipinski definition) is 4. The first kappa shape index (κ1) is 19.1. The smallest absolute Gasteiger partial charge is 0.417 e. The molecule has 0 aliphatic carbocycles. The van der Waals surface area contributed by atoms with E-state index in [4.69, 9.17) is 4.74 Å². The molecule has 142 valence electrons. The Kier molecular flexibility index (Phi) is 5.31. The molecule has 2 heterocycles. The molecule has 3 aromatic rings. The molecule has 0 fully saturated rings. The monoisotopic (exact) mass is 446 g/mol. The Morgan fingerprint density at radius 3 is 2.70 bits per heavy atom. The van der Waals surface area contributed by atoms with Gasteiger partial charge in [-0.2, -0.15) is 13.2 Å². The van der Waals surface area contributed by atoms with Gasteiger partial charge in [0.25, 0.3) is 5.91 Å². The molecule has 0 saturated heterocycles. The van der Waals surface area contributed by atoms with Crippen molar-refractivity contribution < 1.29 is 27.1 Å². The molecule has 0 saturated carbocycles. The highest BCUT2D eigenvalue weighted by Crippen LogP contribution is 2.29. The van der Waals surface area contributed by atoms with E-state index >= 15 is 0 Å². The molecule has 1 aromatic carbocycles. The number of carbonyl (C=O) groups excluding carboxylic acids is 1. The Morgan fingerprint density at radius 1 is 1.22 bits per heavy atom. The zero-order valence-electron chi connectivity index (χ0n) is 13.4. The van der Waals surface area contributed by atoms with Crippen molar-refractivity contribution in [1.82, 2.24) is 19.9 Å². The SMILES string of the molecule is O=C(COc1ccc(F)cc1Br)NCc1nnc2ccc(C(F)(F)F)cn12. The number of benzene rings is 1. The summed E-state index contributed by atoms with van der Waals surface area (Å²) in [5, 5.41) is 10.0. The molecule has 2 aromatic heterocycles. The lowest BCUT2D eigenvalue weighted by Gasteiger charge is -2.09. The summed E-state index contributed by atoms with van der Waals surface area (Å²) in [4.78, 5) is 11.9. The number of nitrogens with one attached hydrogen (secondary N) is 1. The number of hydrogen-bond donors (Lipinski definition) is 1. The van der Waals surface area contributed by atoms with Gasteiger partial charge in [-0.15, -0.1) is 10.2 Å². The number of pyridine rings is 1. The van der Waals surface area contributed by atoms with Gasteiger partial charge in [0.2, 0.25) is 0 Å². The van der Waals surface area contributed by atoms with Gasteiger partial charge in [-0.3, -0.25) is 9.20 Å². The lowest BCUT2D eigenvalue weighted by molar-refractivity contribution is -0.137. The van der Waals surface area contributed by atoms with Crippen LogP contribution < -0.4 is 10.1 Å². The van der Waals surface area contributed by atoms with Gasteiger partial charge in [0.1, 0.15) is 11.6 Å². The average Bonchev–Trinajstić information content (AvgIpc) is 3.00. The van der Waals surface area contributed by atoms with Crippen LogP contribution in [-0.4, -0.2) is 27.1 Å². The normalized spacial score (nSPS) is 11.6. The van der Waals surface area contributed by atoms with Crippen LogP contribution in [0.1, 0.15) is 11.4 Å². The van der Waals surface area contributed by atoms with E-state index in [-0.39, 0.29) is 30.4 Å². The predicted octanol–water partition coefficient (Wildman–Crippen LogP) is 3.34. The van der Waals surface area contributed by atoms with Gasteiger partial charge in [0.15, 0.2) is 18.1 Å². The first-order chi connectivity index (χ1) is 12.7. The van der Waals surface area contributed by atoms with Crippen molar-refractivity contribution in [2.75, 3.05) is 6.61 Å². The highest BCUT2D eigenvalue weighted by molar-refractivity contribution is 9.10. The zero-order chi connectivity index (χ0) is 19.6. The van der Waals surface area contributed by atoms with Crippen LogP contribution in [0, 0.1) is 5.82 Å². The van der Waals surface area contributed by atoms with Crippen molar-refractivity contribution in [3.05, 3.63) is 58.2 Å². The Labute approximate surface area is 158 Å². The Morgan fingerprint density at radius 2 is 2.00 bits per heavy atom. The number of carbonyl (C=O) groups is 1. The molecule has 0 atom stereocenters. The van der Waals surface area contributed by atoms with Crippen LogP contribution in [0.5, 0.6) is 5.75 Å². The van der Waals surface area contributed by atoms with Crippen LogP contribution in [0.15, 0.2) is 41.0 Å². The van der Waals surface area contributed by atoms with Gasteiger partial charge in [-0.1, -0.05) is 0 Å². The summed E-state index contributed by atoms with van der Waals surface area (Å²) in [5.74, 6) is -0.591. The molecule has 1 amide bonds. The molecule has 0 unspecified atom stereocenters. The van der Waals surface area contributed by atoms with Gasteiger partial charge < -0.3 is 10.1 Å². The van der Waals surface area contributed by atoms with E-state index in [1.807, 2.05) is 0 Å². The second-order valence-corrected chi connectivity index (χ2v) is 6.25. The largest absolute Gasteiger partial charge is 0.483 e. The third kappa shape index (κ3) is 4.54. The van der Waals surface area contributed by atoms with E-state index in [0.29, 0.717) is 4.47 Å². The van der Waals surface area contributed by atoms with E-state index in [1.54, 1.807) is 0 Å². The molecule has 0 bridgehead atoms. The second kappa shape index (κ2) is 7.51. The molecule has 0 aliphatic rings. The van der Waals surface area contributed by atoms with Crippen LogP contribution in [0.4, 0.5) is 17.6 Å². The molecule has 27 heavy (non-hydrogen) atoms. The molecule has 0 spiro atoms. The van der Waals surface area contributed by atoms with E-state index in [0.717, 1.165) is 16.7 Å². The second-order valence-electron chi connectivity index (χ2n) is 5.40. The van der Waals surface area contributed by atoms with Crippen LogP contribution in [0.3, 0.4) is 0 Å². The summed E-state index contributed by atoms with van der Waals surface area (Å²) >= 11 is 3.11. The van der Waals surface area contributed by atoms with Crippen molar-refractivity contribution in [2.45, 2.75) is 12.7 Å². The topological polar surface area (TPSA) is 68.5 Å². The van der Waals surface area contributed by atoms with Crippen LogP contribution in [0.2, 0.25) is 0 Å². The summed E-state index contributed by atoms with van der Waals surface area (Å²) in [6.07, 6.45) is -3.64. The van der Waals surface area contributed by atoms with Crippen molar-refractivity contribution in [2.24, 2.45) is 0 Å². The number of aromatic nitrogens is 3. The van der Waals surface area contributed by atoms with Crippen molar-refractivity contribution in [1.29, 1.82) is 0 Å². The molecular weight excluding hydrogens is 436 g/mol. The van der Waals surface area contributed by atoms with Gasteiger partial charge in [-0.05, 0) is 46.3 Å². The third-order valence-corrected chi connectivity index (χ3v) is 4.12. The summed E-state index contributed by atoms with van der Waals surface area (Å²) in [6, 6.07) is 5.82. The molecule has 3 rings (SSSR count). The van der Waals surface area contributed by atoms with E-state index in [2.05, 4.69) is 31.4 Å². The fourth-order valence-electron chi connectivity index (χ4n) is 2.19. The number of alkyl halides is 3. The lowest BCUT2D eigenvalue weighted by atomic mass is 10.3. The molecule has 1 N–H and O–H groups in total. The third-order valence-electron chi connectivity index (χ3n) is 3.50. The number of fused-ring (bicyclic) bond motifs is 1. The predicted molar refractivity (Wildman–Crippen MR) is 89.4 cm³/mol. The first-order valence-electron chi connectivity index (χ1n) is 7.49. The van der Waals surface area contributed by atoms with Crippen LogP contribution in [-0.2, 0) is 17.5 Å². The number of ether oxygens (including phenoxy) is 1. The minimum absolute atomic E-state index is 0.132. The molecule has 11 heteroatoms. The minimum Gasteiger partial charge on any atom is -0.483 e. The summed E-state index contributed by atoms with van der Waals surface area (Å²) < 4.78 is 58.2. The lowest BCUT2D eigenvalue weighted by Crippen LogP contribution is -2.29. The highest BCUT2D eigenvalue weighted by atomic mass is 79.9. The number of halogens is 5. The first-order valence-corrected chi connectivity index (χ1v) is 8.29. The van der Waals surface area contributed by atoms with Gasteiger partial charge in [-0.25, -0.2) is 4.39 Å². The minimum atomic E-state index is -4.50. The number of amides is 1. The van der Waals surface area contributed by atoms with Crippen LogP contribution in [0.25, 0.3) is 5.65 Å². The van der Waals surface area contributed by atoms with Crippen molar-refractivity contribution in [3.63, 3.8) is 0 Å².